The van der Waals surface area contributed by atoms with Crippen molar-refractivity contribution in [2.24, 2.45) is 33.8 Å². The summed E-state index contributed by atoms with van der Waals surface area (Å²) >= 11 is 0. The first kappa shape index (κ1) is 29.1. The number of hydrogen-bond acceptors (Lipinski definition) is 7. The van der Waals surface area contributed by atoms with Crippen LogP contribution >= 0.6 is 0 Å². The topological polar surface area (TPSA) is 241 Å². The predicted octanol–water partition coefficient (Wildman–Crippen LogP) is -2.68. The average Bonchev–Trinajstić information content (AvgIpc) is 2.72. The molecule has 0 radical (unpaired) electrons. The highest BCUT2D eigenvalue weighted by atomic mass is 16.4. The van der Waals surface area contributed by atoms with Crippen molar-refractivity contribution in [3.63, 3.8) is 0 Å². The molecule has 3 atom stereocenters. The van der Waals surface area contributed by atoms with E-state index in [0.29, 0.717) is 32.2 Å². The predicted molar refractivity (Wildman–Crippen MR) is 120 cm³/mol. The number of carboxylic acids is 1. The zero-order valence-corrected chi connectivity index (χ0v) is 18.8. The highest BCUT2D eigenvalue weighted by Crippen LogP contribution is 2.06. The summed E-state index contributed by atoms with van der Waals surface area (Å²) in [5, 5.41) is 16.3. The molecule has 0 saturated heterocycles. The second-order valence-electron chi connectivity index (χ2n) is 7.74. The Bertz CT molecular complexity index is 652. The van der Waals surface area contributed by atoms with E-state index in [0.717, 1.165) is 0 Å². The monoisotopic (exact) mass is 458 g/mol. The van der Waals surface area contributed by atoms with Gasteiger partial charge < -0.3 is 44.0 Å². The number of carbonyl (C=O) groups is 4. The van der Waals surface area contributed by atoms with Gasteiger partial charge in [0.15, 0.2) is 5.96 Å². The second kappa shape index (κ2) is 15.8. The largest absolute Gasteiger partial charge is 0.480 e. The molecule has 0 aromatic heterocycles. The van der Waals surface area contributed by atoms with Crippen LogP contribution in [0.4, 0.5) is 0 Å². The van der Waals surface area contributed by atoms with Gasteiger partial charge in [-0.1, -0.05) is 13.8 Å². The molecule has 0 aliphatic heterocycles. The average molecular weight is 459 g/mol. The molecule has 0 aliphatic rings. The number of nitrogens with one attached hydrogen (secondary N) is 3. The lowest BCUT2D eigenvalue weighted by Gasteiger charge is -2.25. The molecule has 184 valence electrons. The molecule has 0 aromatic rings. The van der Waals surface area contributed by atoms with Crippen LogP contribution in [0, 0.1) is 5.92 Å². The fourth-order valence-electron chi connectivity index (χ4n) is 2.66. The number of nitrogens with two attached hydrogens (primary N) is 4. The number of hydrogen-bond donors (Lipinski definition) is 8. The fourth-order valence-corrected chi connectivity index (χ4v) is 2.66. The summed E-state index contributed by atoms with van der Waals surface area (Å²) in [6.45, 7) is 3.62. The maximum Gasteiger partial charge on any atom is 0.322 e. The van der Waals surface area contributed by atoms with Crippen LogP contribution in [0.5, 0.6) is 0 Å². The Morgan fingerprint density at radius 2 is 1.47 bits per heavy atom. The Labute approximate surface area is 188 Å². The molecule has 0 fully saturated rings. The van der Waals surface area contributed by atoms with E-state index in [1.165, 1.54) is 0 Å². The standard InChI is InChI=1S/C19H38N8O5/c1-11(2)15(21)18(32)27-13(6-3-4-8-20)17(31)26-12(7-5-9-24-19(22)23)16(30)25-10-14(28)29/h11-13,15H,3-10,20-21H2,1-2H3,(H,25,30)(H,26,31)(H,27,32)(H,28,29)(H4,22,23,24)/t12-,13-,15-/m0/s1. The van der Waals surface area contributed by atoms with Crippen LogP contribution in [0.3, 0.4) is 0 Å². The highest BCUT2D eigenvalue weighted by molar-refractivity contribution is 5.93. The van der Waals surface area contributed by atoms with Crippen molar-refractivity contribution in [3.05, 3.63) is 0 Å². The molecule has 32 heavy (non-hydrogen) atoms. The van der Waals surface area contributed by atoms with E-state index in [4.69, 9.17) is 28.0 Å². The number of aliphatic carboxylic acids is 1. The summed E-state index contributed by atoms with van der Waals surface area (Å²) in [5.41, 5.74) is 21.9. The van der Waals surface area contributed by atoms with Gasteiger partial charge in [0.2, 0.25) is 17.7 Å². The van der Waals surface area contributed by atoms with Gasteiger partial charge in [0.25, 0.3) is 0 Å². The normalized spacial score (nSPS) is 13.5. The molecule has 0 aromatic carbocycles. The summed E-state index contributed by atoms with van der Waals surface area (Å²) in [6, 6.07) is -2.76. The summed E-state index contributed by atoms with van der Waals surface area (Å²) in [7, 11) is 0. The number of rotatable bonds is 16. The lowest BCUT2D eigenvalue weighted by atomic mass is 10.0. The van der Waals surface area contributed by atoms with Crippen molar-refractivity contribution in [1.29, 1.82) is 0 Å². The first-order valence-electron chi connectivity index (χ1n) is 10.6. The first-order valence-corrected chi connectivity index (χ1v) is 10.6. The van der Waals surface area contributed by atoms with Crippen LogP contribution in [0.2, 0.25) is 0 Å². The second-order valence-corrected chi connectivity index (χ2v) is 7.74. The van der Waals surface area contributed by atoms with Gasteiger partial charge in [-0.3, -0.25) is 24.2 Å². The maximum atomic E-state index is 12.9. The van der Waals surface area contributed by atoms with E-state index < -0.39 is 48.4 Å². The van der Waals surface area contributed by atoms with E-state index in [1.807, 2.05) is 0 Å². The van der Waals surface area contributed by atoms with Gasteiger partial charge in [0.1, 0.15) is 18.6 Å². The molecule has 13 heteroatoms. The summed E-state index contributed by atoms with van der Waals surface area (Å²) in [6.07, 6.45) is 2.04. The Morgan fingerprint density at radius 3 is 2.00 bits per heavy atom. The maximum absolute atomic E-state index is 12.9. The smallest absolute Gasteiger partial charge is 0.322 e. The van der Waals surface area contributed by atoms with Crippen LogP contribution in [0.15, 0.2) is 4.99 Å². The number of nitrogens with zero attached hydrogens (tertiary/aromatic N) is 1. The van der Waals surface area contributed by atoms with Crippen LogP contribution in [-0.4, -0.2) is 72.5 Å². The Kier molecular flexibility index (Phi) is 14.4. The van der Waals surface area contributed by atoms with Crippen molar-refractivity contribution in [2.45, 2.75) is 64.1 Å². The molecule has 12 N–H and O–H groups in total. The van der Waals surface area contributed by atoms with Crippen molar-refractivity contribution >= 4 is 29.7 Å². The number of carbonyl (C=O) groups excluding carboxylic acids is 3. The van der Waals surface area contributed by atoms with Gasteiger partial charge in [-0.2, -0.15) is 0 Å². The van der Waals surface area contributed by atoms with Gasteiger partial charge in [-0.15, -0.1) is 0 Å². The molecule has 0 bridgehead atoms. The van der Waals surface area contributed by atoms with Crippen LogP contribution in [0.1, 0.15) is 46.0 Å². The van der Waals surface area contributed by atoms with Crippen molar-refractivity contribution in [1.82, 2.24) is 16.0 Å². The van der Waals surface area contributed by atoms with E-state index in [9.17, 15) is 19.2 Å². The number of unbranched alkanes of at least 4 members (excludes halogenated alkanes) is 1. The van der Waals surface area contributed by atoms with Crippen LogP contribution in [-0.2, 0) is 19.2 Å². The zero-order chi connectivity index (χ0) is 24.7. The lowest BCUT2D eigenvalue weighted by Crippen LogP contribution is -2.56. The quantitative estimate of drug-likeness (QED) is 0.0681. The van der Waals surface area contributed by atoms with Gasteiger partial charge in [0.05, 0.1) is 6.04 Å². The van der Waals surface area contributed by atoms with Crippen LogP contribution < -0.4 is 38.9 Å². The van der Waals surface area contributed by atoms with Gasteiger partial charge >= 0.3 is 5.97 Å². The highest BCUT2D eigenvalue weighted by Gasteiger charge is 2.28. The molecule has 0 saturated carbocycles. The molecule has 0 rings (SSSR count). The molecule has 13 nitrogen and oxygen atoms in total. The Morgan fingerprint density at radius 1 is 0.906 bits per heavy atom. The van der Waals surface area contributed by atoms with Crippen molar-refractivity contribution in [3.8, 4) is 0 Å². The third kappa shape index (κ3) is 12.7. The fraction of sp³-hybridized carbons (Fsp3) is 0.737. The number of carboxylic acid groups (broad SMARTS) is 1. The molecule has 0 spiro atoms. The van der Waals surface area contributed by atoms with Crippen molar-refractivity contribution in [2.75, 3.05) is 19.6 Å². The minimum Gasteiger partial charge on any atom is -0.480 e. The minimum absolute atomic E-state index is 0.106. The Balaban J connectivity index is 5.32. The molecular weight excluding hydrogens is 420 g/mol. The van der Waals surface area contributed by atoms with Gasteiger partial charge in [0, 0.05) is 6.54 Å². The van der Waals surface area contributed by atoms with Gasteiger partial charge in [-0.05, 0) is 44.6 Å². The third-order valence-electron chi connectivity index (χ3n) is 4.59. The molecular formula is C19H38N8O5. The zero-order valence-electron chi connectivity index (χ0n) is 18.8. The van der Waals surface area contributed by atoms with E-state index >= 15 is 0 Å². The summed E-state index contributed by atoms with van der Waals surface area (Å²) in [4.78, 5) is 52.3. The van der Waals surface area contributed by atoms with E-state index in [-0.39, 0.29) is 24.8 Å². The third-order valence-corrected chi connectivity index (χ3v) is 4.59. The molecule has 0 heterocycles. The summed E-state index contributed by atoms with van der Waals surface area (Å²) in [5.74, 6) is -3.19. The van der Waals surface area contributed by atoms with Crippen LogP contribution in [0.25, 0.3) is 0 Å². The minimum atomic E-state index is -1.22. The number of guanidine groups is 1. The number of aliphatic imine (C=N–C) groups is 1. The van der Waals surface area contributed by atoms with Gasteiger partial charge in [-0.25, -0.2) is 0 Å². The van der Waals surface area contributed by atoms with E-state index in [2.05, 4.69) is 20.9 Å². The summed E-state index contributed by atoms with van der Waals surface area (Å²) < 4.78 is 0. The Hall–Kier alpha value is -2.93. The molecule has 0 unspecified atom stereocenters. The molecule has 0 aliphatic carbocycles. The molecule has 3 amide bonds. The number of amides is 3. The lowest BCUT2D eigenvalue weighted by molar-refractivity contribution is -0.138. The SMILES string of the molecule is CC(C)[C@H](N)C(=O)N[C@@H](CCCCN)C(=O)N[C@@H](CCCN=C(N)N)C(=O)NCC(=O)O. The van der Waals surface area contributed by atoms with E-state index in [1.54, 1.807) is 13.8 Å². The first-order chi connectivity index (χ1) is 15.0. The van der Waals surface area contributed by atoms with Crippen molar-refractivity contribution < 1.29 is 24.3 Å².